The van der Waals surface area contributed by atoms with E-state index in [4.69, 9.17) is 4.99 Å². The fourth-order valence-corrected chi connectivity index (χ4v) is 7.55. The number of Topliss-reactive ketones (excluding diaryl/α,β-unsaturated/α-hetero) is 1. The van der Waals surface area contributed by atoms with Crippen LogP contribution < -0.4 is 4.90 Å². The number of fused-ring (bicyclic) bond motifs is 3. The fraction of sp³-hybridized carbons (Fsp3) is 0.310. The molecule has 4 heterocycles. The van der Waals surface area contributed by atoms with Crippen LogP contribution in [0.1, 0.15) is 33.4 Å². The molecule has 0 radical (unpaired) electrons. The van der Waals surface area contributed by atoms with E-state index in [9.17, 15) is 13.2 Å². The molecule has 2 aliphatic rings. The zero-order valence-electron chi connectivity index (χ0n) is 22.5. The van der Waals surface area contributed by atoms with Gasteiger partial charge in [-0.2, -0.15) is 0 Å². The first kappa shape index (κ1) is 25.8. The highest BCUT2D eigenvalue weighted by molar-refractivity contribution is 7.89. The number of carbonyl (C=O) groups is 1. The molecule has 0 unspecified atom stereocenters. The molecule has 4 aromatic rings. The molecule has 0 bridgehead atoms. The predicted octanol–water partition coefficient (Wildman–Crippen LogP) is 5.00. The summed E-state index contributed by atoms with van der Waals surface area (Å²) >= 11 is 1.69. The van der Waals surface area contributed by atoms with Gasteiger partial charge in [0.1, 0.15) is 10.8 Å². The van der Waals surface area contributed by atoms with Gasteiger partial charge in [0, 0.05) is 42.0 Å². The molecule has 202 valence electrons. The molecule has 0 amide bonds. The molecule has 1 saturated heterocycles. The Morgan fingerprint density at radius 2 is 1.77 bits per heavy atom. The van der Waals surface area contributed by atoms with E-state index in [1.54, 1.807) is 29.5 Å². The highest BCUT2D eigenvalue weighted by Gasteiger charge is 2.31. The number of likely N-dealkylation sites (N-methyl/N-ethyl adjacent to an activating group) is 1. The van der Waals surface area contributed by atoms with Crippen LogP contribution in [0, 0.1) is 6.92 Å². The molecule has 2 aliphatic heterocycles. The lowest BCUT2D eigenvalue weighted by Gasteiger charge is -2.34. The first-order chi connectivity index (χ1) is 18.6. The highest BCUT2D eigenvalue weighted by atomic mass is 32.2. The van der Waals surface area contributed by atoms with Crippen molar-refractivity contribution >= 4 is 60.3 Å². The van der Waals surface area contributed by atoms with Crippen LogP contribution in [-0.4, -0.2) is 73.3 Å². The van der Waals surface area contributed by atoms with Crippen molar-refractivity contribution in [3.8, 4) is 0 Å². The van der Waals surface area contributed by atoms with Crippen LogP contribution in [-0.2, 0) is 16.6 Å². The van der Waals surface area contributed by atoms with E-state index in [-0.39, 0.29) is 5.78 Å². The van der Waals surface area contributed by atoms with Crippen molar-refractivity contribution in [2.24, 2.45) is 4.99 Å². The number of aromatic nitrogens is 1. The lowest BCUT2D eigenvalue weighted by atomic mass is 10.1. The van der Waals surface area contributed by atoms with Gasteiger partial charge >= 0.3 is 0 Å². The molecule has 0 spiro atoms. The van der Waals surface area contributed by atoms with Gasteiger partial charge in [0.15, 0.2) is 5.78 Å². The third-order valence-corrected chi connectivity index (χ3v) is 9.58. The first-order valence-corrected chi connectivity index (χ1v) is 15.6. The number of thiophene rings is 1. The van der Waals surface area contributed by atoms with E-state index in [2.05, 4.69) is 34.7 Å². The zero-order valence-corrected chi connectivity index (χ0v) is 24.1. The summed E-state index contributed by atoms with van der Waals surface area (Å²) in [6.07, 6.45) is 1.22. The highest BCUT2D eigenvalue weighted by Crippen LogP contribution is 2.45. The second-order valence-corrected chi connectivity index (χ2v) is 13.4. The largest absolute Gasteiger partial charge is 0.353 e. The Morgan fingerprint density at radius 3 is 2.49 bits per heavy atom. The Balaban J connectivity index is 1.52. The van der Waals surface area contributed by atoms with Crippen molar-refractivity contribution < 1.29 is 13.2 Å². The van der Waals surface area contributed by atoms with Crippen LogP contribution >= 0.6 is 11.3 Å². The number of ketones is 1. The molecule has 0 saturated carbocycles. The molecule has 0 aliphatic carbocycles. The number of nitrogens with zero attached hydrogens (tertiary/aromatic N) is 5. The summed E-state index contributed by atoms with van der Waals surface area (Å²) in [5.74, 6) is 0.909. The van der Waals surface area contributed by atoms with Gasteiger partial charge in [-0.25, -0.2) is 17.4 Å². The van der Waals surface area contributed by atoms with Gasteiger partial charge in [-0.1, -0.05) is 12.1 Å². The summed E-state index contributed by atoms with van der Waals surface area (Å²) in [4.78, 5) is 25.3. The molecule has 8 nitrogen and oxygen atoms in total. The molecule has 1 fully saturated rings. The van der Waals surface area contributed by atoms with Gasteiger partial charge in [-0.15, -0.1) is 11.3 Å². The standard InChI is InChI=1S/C29H31N5O3S2/c1-19-15-24-28(32-13-11-31(3)12-14-32)30-25-7-5-6-8-27(25)33(29(24)38-19)18-23-17-22-16-21(20(2)35)9-10-26(22)34(23)39(4,36)37/h5-10,15-17H,11-14,18H2,1-4H3. The summed E-state index contributed by atoms with van der Waals surface area (Å²) in [7, 11) is -1.48. The number of hydrogen-bond donors (Lipinski definition) is 0. The van der Waals surface area contributed by atoms with E-state index in [1.807, 2.05) is 30.3 Å². The second-order valence-electron chi connectivity index (χ2n) is 10.4. The Labute approximate surface area is 232 Å². The van der Waals surface area contributed by atoms with Crippen LogP contribution in [0.5, 0.6) is 0 Å². The van der Waals surface area contributed by atoms with E-state index in [0.717, 1.165) is 59.3 Å². The molecule has 2 aromatic heterocycles. The van der Waals surface area contributed by atoms with Gasteiger partial charge in [0.25, 0.3) is 0 Å². The van der Waals surface area contributed by atoms with E-state index in [0.29, 0.717) is 23.3 Å². The first-order valence-electron chi connectivity index (χ1n) is 13.0. The average molecular weight is 562 g/mol. The maximum atomic E-state index is 13.1. The van der Waals surface area contributed by atoms with Crippen LogP contribution in [0.15, 0.2) is 59.6 Å². The minimum absolute atomic E-state index is 0.0562. The number of carbonyl (C=O) groups excluding carboxylic acids is 1. The minimum Gasteiger partial charge on any atom is -0.353 e. The minimum atomic E-state index is -3.63. The number of piperazine rings is 1. The lowest BCUT2D eigenvalue weighted by molar-refractivity contribution is 0.101. The molecule has 39 heavy (non-hydrogen) atoms. The van der Waals surface area contributed by atoms with E-state index < -0.39 is 10.0 Å². The van der Waals surface area contributed by atoms with Gasteiger partial charge in [0.2, 0.25) is 10.0 Å². The predicted molar refractivity (Wildman–Crippen MR) is 159 cm³/mol. The van der Waals surface area contributed by atoms with Crippen LogP contribution in [0.4, 0.5) is 16.4 Å². The summed E-state index contributed by atoms with van der Waals surface area (Å²) in [6.45, 7) is 7.68. The molecule has 0 N–H and O–H groups in total. The third-order valence-electron chi connectivity index (χ3n) is 7.41. The number of para-hydroxylation sites is 2. The topological polar surface area (TPSA) is 78.2 Å². The Morgan fingerprint density at radius 1 is 1.03 bits per heavy atom. The average Bonchev–Trinajstić information content (AvgIpc) is 3.43. The van der Waals surface area contributed by atoms with Gasteiger partial charge in [0.05, 0.1) is 40.9 Å². The second kappa shape index (κ2) is 9.62. The third kappa shape index (κ3) is 4.66. The summed E-state index contributed by atoms with van der Waals surface area (Å²) in [5, 5.41) is 1.77. The SMILES string of the molecule is CC(=O)c1ccc2c(c1)cc(CN1c3ccccc3N=C(N3CCN(C)CC3)c3cc(C)sc31)n2S(C)(=O)=O. The molecule has 6 rings (SSSR count). The van der Waals surface area contributed by atoms with Crippen molar-refractivity contribution in [1.29, 1.82) is 0 Å². The molecular weight excluding hydrogens is 530 g/mol. The number of rotatable bonds is 4. The van der Waals surface area contributed by atoms with E-state index in [1.165, 1.54) is 22.0 Å². The van der Waals surface area contributed by atoms with E-state index >= 15 is 0 Å². The quantitative estimate of drug-likeness (QED) is 0.327. The Bertz CT molecular complexity index is 1740. The van der Waals surface area contributed by atoms with Crippen LogP contribution in [0.3, 0.4) is 0 Å². The van der Waals surface area contributed by atoms with Crippen molar-refractivity contribution in [2.75, 3.05) is 44.4 Å². The molecule has 0 atom stereocenters. The molecular formula is C29H31N5O3S2. The number of amidine groups is 1. The number of benzene rings is 2. The number of aryl methyl sites for hydroxylation is 1. The van der Waals surface area contributed by atoms with Gasteiger partial charge < -0.3 is 14.7 Å². The maximum absolute atomic E-state index is 13.1. The number of hydrogen-bond acceptors (Lipinski definition) is 8. The fourth-order valence-electron chi connectivity index (χ4n) is 5.48. The summed E-state index contributed by atoms with van der Waals surface area (Å²) in [5.41, 5.74) is 4.61. The zero-order chi connectivity index (χ0) is 27.5. The normalized spacial score (nSPS) is 16.2. The smallest absolute Gasteiger partial charge is 0.236 e. The van der Waals surface area contributed by atoms with Gasteiger partial charge in [-0.3, -0.25) is 4.79 Å². The lowest BCUT2D eigenvalue weighted by Crippen LogP contribution is -2.47. The maximum Gasteiger partial charge on any atom is 0.236 e. The monoisotopic (exact) mass is 561 g/mol. The van der Waals surface area contributed by atoms with Gasteiger partial charge in [-0.05, 0) is 63.4 Å². The van der Waals surface area contributed by atoms with Crippen molar-refractivity contribution in [1.82, 2.24) is 13.8 Å². The van der Waals surface area contributed by atoms with Crippen molar-refractivity contribution in [2.45, 2.75) is 20.4 Å². The van der Waals surface area contributed by atoms with Crippen LogP contribution in [0.2, 0.25) is 0 Å². The Hall–Kier alpha value is -3.47. The number of anilines is 2. The molecule has 2 aromatic carbocycles. The Kier molecular flexibility index (Phi) is 6.36. The van der Waals surface area contributed by atoms with Crippen molar-refractivity contribution in [3.63, 3.8) is 0 Å². The summed E-state index contributed by atoms with van der Waals surface area (Å²) < 4.78 is 27.6. The van der Waals surface area contributed by atoms with Crippen molar-refractivity contribution in [3.05, 3.63) is 76.3 Å². The molecule has 10 heteroatoms. The number of aliphatic imine (C=N–C) groups is 1. The van der Waals surface area contributed by atoms with Crippen LogP contribution in [0.25, 0.3) is 10.9 Å². The summed E-state index contributed by atoms with van der Waals surface area (Å²) in [6, 6.07) is 17.3.